The summed E-state index contributed by atoms with van der Waals surface area (Å²) in [5.74, 6) is -13.4. The number of aryl methyl sites for hydroxylation is 1. The van der Waals surface area contributed by atoms with Crippen LogP contribution in [0.2, 0.25) is 0 Å². The minimum atomic E-state index is -1.06. The Morgan fingerprint density at radius 2 is 0.703 bits per heavy atom. The average molecular weight is 1560 g/mol. The van der Waals surface area contributed by atoms with Gasteiger partial charge in [0.05, 0.1) is 30.3 Å². The molecular formula is C72H83N4O35+. The van der Waals surface area contributed by atoms with Gasteiger partial charge in [0.25, 0.3) is 0 Å². The van der Waals surface area contributed by atoms with Gasteiger partial charge >= 0.3 is 95.5 Å². The van der Waals surface area contributed by atoms with Gasteiger partial charge in [0.15, 0.2) is 13.1 Å². The summed E-state index contributed by atoms with van der Waals surface area (Å²) >= 11 is 0. The lowest BCUT2D eigenvalue weighted by atomic mass is 9.93. The molecule has 111 heavy (non-hydrogen) atoms. The molecule has 39 nitrogen and oxygen atoms in total. The Labute approximate surface area is 632 Å². The lowest BCUT2D eigenvalue weighted by Gasteiger charge is -2.27. The molecule has 0 saturated heterocycles. The second-order valence-electron chi connectivity index (χ2n) is 23.0. The van der Waals surface area contributed by atoms with Gasteiger partial charge in [0, 0.05) is 103 Å². The lowest BCUT2D eigenvalue weighted by Crippen LogP contribution is -2.37. The minimum Gasteiger partial charge on any atom is -0.488 e. The van der Waals surface area contributed by atoms with Gasteiger partial charge in [-0.2, -0.15) is 0 Å². The fourth-order valence-corrected chi connectivity index (χ4v) is 9.54. The van der Waals surface area contributed by atoms with Crippen molar-refractivity contribution in [3.63, 3.8) is 0 Å². The predicted octanol–water partition coefficient (Wildman–Crippen LogP) is 3.23. The molecule has 0 saturated carbocycles. The van der Waals surface area contributed by atoms with Crippen molar-refractivity contribution < 1.29 is 166 Å². The molecule has 0 fully saturated rings. The molecule has 0 N–H and O–H groups in total. The third-order valence-corrected chi connectivity index (χ3v) is 14.5. The topological polar surface area (TPSA) is 465 Å². The highest BCUT2D eigenvalue weighted by atomic mass is 16.7. The van der Waals surface area contributed by atoms with Crippen molar-refractivity contribution in [1.82, 2.24) is 4.58 Å². The first kappa shape index (κ1) is 88.5. The Morgan fingerprint density at radius 1 is 0.351 bits per heavy atom. The molecule has 2 aliphatic rings. The van der Waals surface area contributed by atoms with Crippen LogP contribution in [0.15, 0.2) is 77.2 Å². The van der Waals surface area contributed by atoms with Gasteiger partial charge in [-0.3, -0.25) is 76.7 Å². The number of carbonyl (C=O) groups excluding carboxylic acids is 16. The number of hydrogen-bond donors (Lipinski definition) is 0. The van der Waals surface area contributed by atoms with Crippen LogP contribution < -0.4 is 34.1 Å². The van der Waals surface area contributed by atoms with Crippen LogP contribution in [0, 0.1) is 6.92 Å². The zero-order valence-electron chi connectivity index (χ0n) is 62.1. The van der Waals surface area contributed by atoms with Crippen LogP contribution >= 0.6 is 0 Å². The summed E-state index contributed by atoms with van der Waals surface area (Å²) < 4.78 is 101. The molecule has 3 aromatic carbocycles. The number of carbonyl (C=O) groups is 16. The van der Waals surface area contributed by atoms with Gasteiger partial charge in [0.1, 0.15) is 75.1 Å². The first-order valence-electron chi connectivity index (χ1n) is 33.5. The van der Waals surface area contributed by atoms with Crippen molar-refractivity contribution >= 4 is 124 Å². The van der Waals surface area contributed by atoms with E-state index >= 15 is 0 Å². The molecule has 1 aliphatic carbocycles. The third kappa shape index (κ3) is 33.3. The van der Waals surface area contributed by atoms with Crippen molar-refractivity contribution in [3.05, 3.63) is 83.7 Å². The zero-order chi connectivity index (χ0) is 81.5. The maximum absolute atomic E-state index is 13.7. The zero-order valence-corrected chi connectivity index (χ0v) is 62.1. The highest BCUT2D eigenvalue weighted by Crippen LogP contribution is 2.44. The van der Waals surface area contributed by atoms with E-state index in [9.17, 15) is 76.7 Å². The number of hydrogen-bond acceptors (Lipinski definition) is 38. The molecule has 0 aromatic heterocycles. The molecular weight excluding hydrogens is 1480 g/mol. The molecule has 0 bridgehead atoms. The van der Waals surface area contributed by atoms with Crippen LogP contribution in [0.3, 0.4) is 0 Å². The smallest absolute Gasteiger partial charge is 0.328 e. The monoisotopic (exact) mass is 1560 g/mol. The summed E-state index contributed by atoms with van der Waals surface area (Å²) in [6.07, 6.45) is -1.39. The van der Waals surface area contributed by atoms with Crippen LogP contribution in [0.1, 0.15) is 86.6 Å². The van der Waals surface area contributed by atoms with Gasteiger partial charge < -0.3 is 104 Å². The van der Waals surface area contributed by atoms with E-state index in [0.29, 0.717) is 38.7 Å². The number of esters is 16. The maximum atomic E-state index is 13.7. The Kier molecular flexibility index (Phi) is 36.8. The van der Waals surface area contributed by atoms with Crippen molar-refractivity contribution in [2.45, 2.75) is 88.0 Å². The highest BCUT2D eigenvalue weighted by Gasteiger charge is 2.28. The summed E-state index contributed by atoms with van der Waals surface area (Å²) in [5, 5.41) is 0.649. The van der Waals surface area contributed by atoms with Crippen LogP contribution in [-0.2, 0) is 153 Å². The third-order valence-electron chi connectivity index (χ3n) is 14.5. The standard InChI is InChI=1S/C72H83N4O35/c1-44-10-16-58(75(32-68(89)107-40-99-49(6)81)33-69(90)108-41-100-50(7)82)62(28-44)93-26-27-94-63-29-53(11-17-59(63)76(34-70(91)109-42-101-51(8)83)35-71(92)110-43-102-52(9)84)72-56-14-12-54(73(22-18-64(85)103-36-95-45(2)77)23-19-65(86)104-37-96-46(3)78)30-60(56)111-61-31-55(13-15-57(61)72)74(24-20-66(87)105-38-97-47(4)79)25-21-67(88)106-39-98-48(5)80/h10-17,28-31H,18-27,32-43H2,1-9H3/q+1. The predicted molar refractivity (Wildman–Crippen MR) is 372 cm³/mol. The van der Waals surface area contributed by atoms with Gasteiger partial charge in [-0.1, -0.05) is 12.1 Å². The maximum Gasteiger partial charge on any atom is 0.328 e. The van der Waals surface area contributed by atoms with Gasteiger partial charge in [-0.25, -0.2) is 4.58 Å². The van der Waals surface area contributed by atoms with Crippen LogP contribution in [-0.4, -0.2) is 215 Å². The Balaban J connectivity index is 1.81. The van der Waals surface area contributed by atoms with Crippen LogP contribution in [0.5, 0.6) is 11.5 Å². The second-order valence-corrected chi connectivity index (χ2v) is 23.0. The largest absolute Gasteiger partial charge is 0.488 e. The number of benzene rings is 4. The lowest BCUT2D eigenvalue weighted by molar-refractivity contribution is -0.167. The summed E-state index contributed by atoms with van der Waals surface area (Å²) in [6, 6.07) is 18.8. The molecule has 3 aromatic rings. The number of rotatable bonds is 45. The Bertz CT molecular complexity index is 4080. The molecule has 0 unspecified atom stereocenters. The van der Waals surface area contributed by atoms with Crippen LogP contribution in [0.4, 0.5) is 17.1 Å². The van der Waals surface area contributed by atoms with E-state index in [4.69, 9.17) is 89.7 Å². The fraction of sp³-hybridized carbons (Fsp3) is 0.431. The number of nitrogens with zero attached hydrogens (tertiary/aromatic N) is 4. The molecule has 0 radical (unpaired) electrons. The van der Waals surface area contributed by atoms with E-state index in [1.807, 2.05) is 0 Å². The second kappa shape index (κ2) is 46.2. The van der Waals surface area contributed by atoms with E-state index in [2.05, 4.69) is 0 Å². The Morgan fingerprint density at radius 3 is 1.08 bits per heavy atom. The summed E-state index contributed by atoms with van der Waals surface area (Å²) in [6.45, 7) is 0.0383. The molecule has 1 aliphatic heterocycles. The van der Waals surface area contributed by atoms with Crippen molar-refractivity contribution in [2.24, 2.45) is 0 Å². The van der Waals surface area contributed by atoms with E-state index in [1.165, 1.54) is 23.1 Å². The fourth-order valence-electron chi connectivity index (χ4n) is 9.54. The molecule has 0 atom stereocenters. The molecule has 1 heterocycles. The Hall–Kier alpha value is -13.1. The van der Waals surface area contributed by atoms with Crippen molar-refractivity contribution in [2.75, 3.05) is 135 Å². The summed E-state index contributed by atoms with van der Waals surface area (Å²) in [7, 11) is 0. The molecule has 5 rings (SSSR count). The van der Waals surface area contributed by atoms with E-state index in [-0.39, 0.29) is 92.7 Å². The van der Waals surface area contributed by atoms with Gasteiger partial charge in [0.2, 0.25) is 59.7 Å². The van der Waals surface area contributed by atoms with Crippen LogP contribution in [0.25, 0.3) is 33.4 Å². The average Bonchev–Trinajstić information content (AvgIpc) is 0.746. The molecule has 0 spiro atoms. The van der Waals surface area contributed by atoms with Crippen molar-refractivity contribution in [1.29, 1.82) is 0 Å². The first-order chi connectivity index (χ1) is 52.8. The quantitative estimate of drug-likeness (QED) is 0.0135. The van der Waals surface area contributed by atoms with E-state index in [1.54, 1.807) is 71.0 Å². The molecule has 39 heteroatoms. The minimum absolute atomic E-state index is 0.0322. The summed E-state index contributed by atoms with van der Waals surface area (Å²) in [4.78, 5) is 203. The van der Waals surface area contributed by atoms with E-state index in [0.717, 1.165) is 60.3 Å². The number of fused-ring (bicyclic) bond motifs is 2. The number of anilines is 3. The summed E-state index contributed by atoms with van der Waals surface area (Å²) in [5.41, 5.74) is 2.06. The normalized spacial score (nSPS) is 10.5. The SMILES string of the molecule is CC(=O)OCOC(=O)CCN(CCC(=O)OCOC(C)=O)c1ccc2c(-c3ccc(N(CC(=O)OCOC(C)=O)CC(=O)OCOC(C)=O)c(OCCOc4cc(C)ccc4N(CC(=O)OCOC(C)=O)CC(=O)OCOC(C)=O)c3)c3ccc(=[N+](CCC(=O)OCOC(C)=O)CCC(=O)OCOC(C)=O)cc-3oc2c1. The van der Waals surface area contributed by atoms with Crippen molar-refractivity contribution in [3.8, 4) is 33.9 Å². The first-order valence-corrected chi connectivity index (χ1v) is 33.5. The number of ether oxygens (including phenoxy) is 18. The van der Waals surface area contributed by atoms with Gasteiger partial charge in [-0.05, 0) is 60.5 Å². The van der Waals surface area contributed by atoms with Gasteiger partial charge in [-0.15, -0.1) is 0 Å². The molecule has 600 valence electrons. The highest BCUT2D eigenvalue weighted by molar-refractivity contribution is 6.03. The molecule has 0 amide bonds. The van der Waals surface area contributed by atoms with E-state index < -0.39 is 183 Å².